The van der Waals surface area contributed by atoms with Crippen molar-refractivity contribution in [1.82, 2.24) is 29.8 Å². The van der Waals surface area contributed by atoms with Gasteiger partial charge in [0, 0.05) is 40.4 Å². The van der Waals surface area contributed by atoms with E-state index in [0.29, 0.717) is 32.7 Å². The van der Waals surface area contributed by atoms with E-state index in [4.69, 9.17) is 9.47 Å². The molecule has 0 saturated carbocycles. The van der Waals surface area contributed by atoms with Gasteiger partial charge in [0.1, 0.15) is 12.1 Å². The summed E-state index contributed by atoms with van der Waals surface area (Å²) in [4.78, 5) is 66.1. The fourth-order valence-corrected chi connectivity index (χ4v) is 8.69. The molecule has 0 aromatic heterocycles. The van der Waals surface area contributed by atoms with Gasteiger partial charge in [-0.1, -0.05) is 41.0 Å². The highest BCUT2D eigenvalue weighted by atomic mass is 16.5. The first-order chi connectivity index (χ1) is 23.2. The van der Waals surface area contributed by atoms with Gasteiger partial charge in [0.2, 0.25) is 23.6 Å². The number of methoxy groups -OCH3 is 2. The van der Waals surface area contributed by atoms with E-state index in [1.165, 1.54) is 0 Å². The third-order valence-corrected chi connectivity index (χ3v) is 11.6. The molecule has 1 N–H and O–H groups in total. The summed E-state index contributed by atoms with van der Waals surface area (Å²) in [6.45, 7) is 13.9. The van der Waals surface area contributed by atoms with Crippen molar-refractivity contribution in [1.29, 1.82) is 0 Å². The monoisotopic (exact) mass is 691 g/mol. The predicted octanol–water partition coefficient (Wildman–Crippen LogP) is 2.59. The molecule has 4 fully saturated rings. The molecule has 0 radical (unpaired) electrons. The van der Waals surface area contributed by atoms with Gasteiger partial charge in [0.25, 0.3) is 0 Å². The fourth-order valence-electron chi connectivity index (χ4n) is 8.69. The molecule has 49 heavy (non-hydrogen) atoms. The highest BCUT2D eigenvalue weighted by Crippen LogP contribution is 2.32. The summed E-state index contributed by atoms with van der Waals surface area (Å²) in [5, 5.41) is 3.15. The molecule has 0 spiro atoms. The molecule has 280 valence electrons. The van der Waals surface area contributed by atoms with E-state index in [1.807, 2.05) is 49.6 Å². The first kappa shape index (κ1) is 39.5. The lowest BCUT2D eigenvalue weighted by Crippen LogP contribution is -2.61. The van der Waals surface area contributed by atoms with E-state index in [1.54, 1.807) is 14.2 Å². The maximum absolute atomic E-state index is 14.3. The van der Waals surface area contributed by atoms with Gasteiger partial charge >= 0.3 is 0 Å². The molecule has 7 atom stereocenters. The van der Waals surface area contributed by atoms with Crippen molar-refractivity contribution in [3.05, 3.63) is 0 Å². The Bertz CT molecular complexity index is 1130. The molecule has 4 rings (SSSR count). The molecule has 12 nitrogen and oxygen atoms in total. The van der Waals surface area contributed by atoms with Crippen LogP contribution in [0.25, 0.3) is 0 Å². The van der Waals surface area contributed by atoms with Crippen molar-refractivity contribution in [2.45, 2.75) is 135 Å². The Kier molecular flexibility index (Phi) is 13.9. The third-order valence-electron chi connectivity index (χ3n) is 11.6. The molecule has 4 aliphatic rings. The van der Waals surface area contributed by atoms with E-state index in [-0.39, 0.29) is 59.8 Å². The summed E-state index contributed by atoms with van der Waals surface area (Å²) in [5.74, 6) is -0.0324. The van der Waals surface area contributed by atoms with Crippen molar-refractivity contribution in [3.8, 4) is 0 Å². The van der Waals surface area contributed by atoms with Gasteiger partial charge in [0.15, 0.2) is 0 Å². The van der Waals surface area contributed by atoms with Crippen LogP contribution >= 0.6 is 0 Å². The molecule has 1 unspecified atom stereocenters. The first-order valence-corrected chi connectivity index (χ1v) is 18.8. The average molecular weight is 691 g/mol. The molecule has 4 amide bonds. The van der Waals surface area contributed by atoms with E-state index in [0.717, 1.165) is 64.5 Å². The number of carbonyl (C=O) groups excluding carboxylic acids is 4. The molecular weight excluding hydrogens is 624 g/mol. The van der Waals surface area contributed by atoms with Gasteiger partial charge < -0.3 is 29.5 Å². The highest BCUT2D eigenvalue weighted by molar-refractivity contribution is 5.92. The van der Waals surface area contributed by atoms with Crippen LogP contribution in [0.5, 0.6) is 0 Å². The highest BCUT2D eigenvalue weighted by Gasteiger charge is 2.47. The number of rotatable bonds is 13. The van der Waals surface area contributed by atoms with Crippen molar-refractivity contribution in [2.24, 2.45) is 11.3 Å². The number of hydrogen-bond donors (Lipinski definition) is 1. The summed E-state index contributed by atoms with van der Waals surface area (Å²) < 4.78 is 10.9. The van der Waals surface area contributed by atoms with Crippen LogP contribution in [-0.4, -0.2) is 158 Å². The third kappa shape index (κ3) is 9.15. The largest absolute Gasteiger partial charge is 0.383 e. The van der Waals surface area contributed by atoms with Crippen LogP contribution in [0.4, 0.5) is 0 Å². The van der Waals surface area contributed by atoms with Crippen LogP contribution in [0.3, 0.4) is 0 Å². The van der Waals surface area contributed by atoms with Crippen LogP contribution in [-0.2, 0) is 28.7 Å². The summed E-state index contributed by atoms with van der Waals surface area (Å²) in [6, 6.07) is -1.89. The molecule has 4 aliphatic heterocycles. The summed E-state index contributed by atoms with van der Waals surface area (Å²) in [6.07, 6.45) is 7.70. The zero-order chi connectivity index (χ0) is 36.0. The maximum Gasteiger partial charge on any atom is 0.246 e. The molecule has 4 saturated heterocycles. The Morgan fingerprint density at radius 2 is 1.39 bits per heavy atom. The van der Waals surface area contributed by atoms with Gasteiger partial charge in [-0.2, -0.15) is 0 Å². The van der Waals surface area contributed by atoms with E-state index in [9.17, 15) is 19.2 Å². The Balaban J connectivity index is 1.47. The summed E-state index contributed by atoms with van der Waals surface area (Å²) in [5.41, 5.74) is -0.487. The zero-order valence-corrected chi connectivity index (χ0v) is 31.9. The average Bonchev–Trinajstić information content (AvgIpc) is 3.81. The van der Waals surface area contributed by atoms with Crippen LogP contribution in [0.2, 0.25) is 0 Å². The number of piperidine rings is 1. The second-order valence-electron chi connectivity index (χ2n) is 16.4. The number of amides is 4. The number of hydrogen-bond acceptors (Lipinski definition) is 8. The standard InChI is InChI=1S/C37H66N6O6/c1-25(2)31(40(7)36(47)32(37(3,4)5)38-33(44)28-14-10-11-19-39(28)6)22-41-20-12-15-29(41)34(45)42-21-13-16-30(42)35(46)43-26(23-48-8)17-18-27(43)24-49-9/h25-32H,10-24H2,1-9H3,(H,38,44)/t26-,27+,28?,29-,30-,31+,32+/m0/s1. The molecular formula is C37H66N6O6. The molecule has 0 aromatic rings. The van der Waals surface area contributed by atoms with Gasteiger partial charge in [-0.3, -0.25) is 29.0 Å². The lowest BCUT2D eigenvalue weighted by Gasteiger charge is -2.41. The lowest BCUT2D eigenvalue weighted by atomic mass is 9.84. The van der Waals surface area contributed by atoms with Crippen LogP contribution < -0.4 is 5.32 Å². The number of likely N-dealkylation sites (tertiary alicyclic amines) is 4. The van der Waals surface area contributed by atoms with Crippen molar-refractivity contribution < 1.29 is 28.7 Å². The van der Waals surface area contributed by atoms with Crippen LogP contribution in [0.15, 0.2) is 0 Å². The normalized spacial score (nSPS) is 28.2. The minimum atomic E-state index is -0.677. The zero-order valence-electron chi connectivity index (χ0n) is 31.9. The Morgan fingerprint density at radius 1 is 0.796 bits per heavy atom. The van der Waals surface area contributed by atoms with E-state index >= 15 is 0 Å². The van der Waals surface area contributed by atoms with Crippen molar-refractivity contribution in [2.75, 3.05) is 67.7 Å². The number of nitrogens with one attached hydrogen (secondary N) is 1. The maximum atomic E-state index is 14.3. The number of nitrogens with zero attached hydrogens (tertiary/aromatic N) is 5. The summed E-state index contributed by atoms with van der Waals surface area (Å²) >= 11 is 0. The molecule has 12 heteroatoms. The van der Waals surface area contributed by atoms with Crippen LogP contribution in [0, 0.1) is 11.3 Å². The second kappa shape index (κ2) is 17.3. The molecule has 0 aliphatic carbocycles. The molecule has 0 bridgehead atoms. The van der Waals surface area contributed by atoms with Gasteiger partial charge in [0.05, 0.1) is 37.4 Å². The quantitative estimate of drug-likeness (QED) is 0.314. The van der Waals surface area contributed by atoms with Crippen molar-refractivity contribution in [3.63, 3.8) is 0 Å². The van der Waals surface area contributed by atoms with Crippen LogP contribution in [0.1, 0.15) is 92.4 Å². The lowest BCUT2D eigenvalue weighted by molar-refractivity contribution is -0.149. The minimum absolute atomic E-state index is 0.0108. The SMILES string of the molecule is COC[C@H]1CC[C@@H](COC)N1C(=O)[C@@H]1CCCN1C(=O)[C@@H]1CCCN1C[C@H](C(C)C)N(C)C(=O)[C@@H](NC(=O)C1CCCCN1C)C(C)(C)C. The topological polar surface area (TPSA) is 115 Å². The Hall–Kier alpha value is -2.28. The Morgan fingerprint density at radius 3 is 1.96 bits per heavy atom. The van der Waals surface area contributed by atoms with E-state index < -0.39 is 17.5 Å². The van der Waals surface area contributed by atoms with Crippen molar-refractivity contribution >= 4 is 23.6 Å². The van der Waals surface area contributed by atoms with Gasteiger partial charge in [-0.05, 0) is 82.8 Å². The first-order valence-electron chi connectivity index (χ1n) is 18.8. The van der Waals surface area contributed by atoms with Gasteiger partial charge in [-0.25, -0.2) is 0 Å². The van der Waals surface area contributed by atoms with E-state index in [2.05, 4.69) is 29.0 Å². The smallest absolute Gasteiger partial charge is 0.246 e. The number of ether oxygens (including phenoxy) is 2. The Labute approximate surface area is 295 Å². The molecule has 4 heterocycles. The fraction of sp³-hybridized carbons (Fsp3) is 0.892. The van der Waals surface area contributed by atoms with Gasteiger partial charge in [-0.15, -0.1) is 0 Å². The predicted molar refractivity (Wildman–Crippen MR) is 190 cm³/mol. The summed E-state index contributed by atoms with van der Waals surface area (Å²) in [7, 11) is 7.15. The minimum Gasteiger partial charge on any atom is -0.383 e. The molecule has 0 aromatic carbocycles. The number of likely N-dealkylation sites (N-methyl/N-ethyl adjacent to an activating group) is 2. The number of carbonyl (C=O) groups is 4. The second-order valence-corrected chi connectivity index (χ2v) is 16.4.